The van der Waals surface area contributed by atoms with Crippen molar-refractivity contribution in [1.29, 1.82) is 0 Å². The molecule has 0 spiro atoms. The topological polar surface area (TPSA) is 24.9 Å². The zero-order chi connectivity index (χ0) is 12.5. The standard InChI is InChI=1S/C13H18N2S2/c1-13(2,3)8-14-9-5-6-10-11(7-9)17-12(15-10)16-4/h5-7,14H,8H2,1-4H3. The fourth-order valence-corrected chi connectivity index (χ4v) is 3.00. The first-order valence-corrected chi connectivity index (χ1v) is 7.70. The number of hydrogen-bond acceptors (Lipinski definition) is 4. The van der Waals surface area contributed by atoms with Crippen LogP contribution in [0.3, 0.4) is 0 Å². The van der Waals surface area contributed by atoms with Crippen molar-refractivity contribution in [2.45, 2.75) is 25.1 Å². The van der Waals surface area contributed by atoms with Gasteiger partial charge in [0, 0.05) is 12.2 Å². The lowest BCUT2D eigenvalue weighted by Gasteiger charge is -2.19. The fraction of sp³-hybridized carbons (Fsp3) is 0.462. The summed E-state index contributed by atoms with van der Waals surface area (Å²) in [4.78, 5) is 4.53. The fourth-order valence-electron chi connectivity index (χ4n) is 1.47. The second kappa shape index (κ2) is 4.86. The van der Waals surface area contributed by atoms with Crippen molar-refractivity contribution in [2.75, 3.05) is 18.1 Å². The number of thiazole rings is 1. The molecule has 2 nitrogen and oxygen atoms in total. The molecule has 4 heteroatoms. The lowest BCUT2D eigenvalue weighted by Crippen LogP contribution is -2.18. The number of benzene rings is 1. The van der Waals surface area contributed by atoms with Gasteiger partial charge in [-0.1, -0.05) is 32.5 Å². The first kappa shape index (κ1) is 12.7. The summed E-state index contributed by atoms with van der Waals surface area (Å²) >= 11 is 3.46. The Morgan fingerprint density at radius 2 is 2.12 bits per heavy atom. The second-order valence-corrected chi connectivity index (χ2v) is 7.36. The highest BCUT2D eigenvalue weighted by atomic mass is 32.2. The molecule has 2 aromatic rings. The van der Waals surface area contributed by atoms with Gasteiger partial charge in [-0.3, -0.25) is 0 Å². The van der Waals surface area contributed by atoms with Gasteiger partial charge in [-0.25, -0.2) is 4.98 Å². The lowest BCUT2D eigenvalue weighted by molar-refractivity contribution is 0.443. The van der Waals surface area contributed by atoms with Gasteiger partial charge in [0.1, 0.15) is 0 Å². The molecule has 2 rings (SSSR count). The maximum absolute atomic E-state index is 4.53. The summed E-state index contributed by atoms with van der Waals surface area (Å²) in [7, 11) is 0. The average Bonchev–Trinajstić information content (AvgIpc) is 2.67. The Balaban J connectivity index is 2.19. The molecule has 0 saturated carbocycles. The Morgan fingerprint density at radius 3 is 2.76 bits per heavy atom. The highest BCUT2D eigenvalue weighted by Crippen LogP contribution is 2.30. The molecule has 0 aliphatic heterocycles. The number of anilines is 1. The van der Waals surface area contributed by atoms with E-state index in [4.69, 9.17) is 0 Å². The van der Waals surface area contributed by atoms with Crippen molar-refractivity contribution in [3.63, 3.8) is 0 Å². The summed E-state index contributed by atoms with van der Waals surface area (Å²) in [5, 5.41) is 3.48. The predicted octanol–water partition coefficient (Wildman–Crippen LogP) is 4.48. The zero-order valence-electron chi connectivity index (χ0n) is 10.7. The van der Waals surface area contributed by atoms with Crippen LogP contribution >= 0.6 is 23.1 Å². The highest BCUT2D eigenvalue weighted by Gasteiger charge is 2.10. The van der Waals surface area contributed by atoms with Crippen LogP contribution in [-0.2, 0) is 0 Å². The largest absolute Gasteiger partial charge is 0.384 e. The summed E-state index contributed by atoms with van der Waals surface area (Å²) in [5.41, 5.74) is 2.58. The van der Waals surface area contributed by atoms with Gasteiger partial charge in [-0.05, 0) is 29.9 Å². The van der Waals surface area contributed by atoms with Gasteiger partial charge < -0.3 is 5.32 Å². The van der Waals surface area contributed by atoms with E-state index in [0.717, 1.165) is 16.4 Å². The first-order chi connectivity index (χ1) is 7.98. The van der Waals surface area contributed by atoms with Crippen LogP contribution in [0.2, 0.25) is 0 Å². The van der Waals surface area contributed by atoms with E-state index in [-0.39, 0.29) is 0 Å². The van der Waals surface area contributed by atoms with Crippen LogP contribution in [0, 0.1) is 5.41 Å². The van der Waals surface area contributed by atoms with Crippen LogP contribution in [0.5, 0.6) is 0 Å². The quantitative estimate of drug-likeness (QED) is 0.829. The number of aromatic nitrogens is 1. The Hall–Kier alpha value is -0.740. The second-order valence-electron chi connectivity index (χ2n) is 5.28. The lowest BCUT2D eigenvalue weighted by atomic mass is 9.97. The molecular weight excluding hydrogens is 248 g/mol. The Kier molecular flexibility index (Phi) is 3.64. The van der Waals surface area contributed by atoms with Gasteiger partial charge in [0.05, 0.1) is 10.2 Å². The number of hydrogen-bond donors (Lipinski definition) is 1. The first-order valence-electron chi connectivity index (χ1n) is 5.66. The molecule has 92 valence electrons. The highest BCUT2D eigenvalue weighted by molar-refractivity contribution is 8.00. The molecule has 1 aromatic carbocycles. The maximum atomic E-state index is 4.53. The van der Waals surface area contributed by atoms with E-state index in [1.165, 1.54) is 10.4 Å². The monoisotopic (exact) mass is 266 g/mol. The van der Waals surface area contributed by atoms with E-state index < -0.39 is 0 Å². The summed E-state index contributed by atoms with van der Waals surface area (Å²) < 4.78 is 2.39. The smallest absolute Gasteiger partial charge is 0.150 e. The minimum atomic E-state index is 0.299. The molecule has 1 N–H and O–H groups in total. The molecule has 0 fully saturated rings. The van der Waals surface area contributed by atoms with E-state index in [1.807, 2.05) is 0 Å². The van der Waals surface area contributed by atoms with Gasteiger partial charge in [-0.2, -0.15) is 0 Å². The third-order valence-corrected chi connectivity index (χ3v) is 4.37. The minimum Gasteiger partial charge on any atom is -0.384 e. The van der Waals surface area contributed by atoms with Gasteiger partial charge in [0.15, 0.2) is 4.34 Å². The molecule has 0 radical (unpaired) electrons. The molecule has 0 atom stereocenters. The number of thioether (sulfide) groups is 1. The molecule has 0 aliphatic carbocycles. The summed E-state index contributed by atoms with van der Waals surface area (Å²) in [5.74, 6) is 0. The molecular formula is C13H18N2S2. The van der Waals surface area contributed by atoms with E-state index >= 15 is 0 Å². The third kappa shape index (κ3) is 3.36. The normalized spacial score (nSPS) is 12.0. The van der Waals surface area contributed by atoms with Crippen LogP contribution in [0.25, 0.3) is 10.2 Å². The van der Waals surface area contributed by atoms with Crippen LogP contribution < -0.4 is 5.32 Å². The molecule has 0 saturated heterocycles. The maximum Gasteiger partial charge on any atom is 0.150 e. The summed E-state index contributed by atoms with van der Waals surface area (Å²) in [6.45, 7) is 7.68. The molecule has 0 unspecified atom stereocenters. The molecule has 1 aromatic heterocycles. The van der Waals surface area contributed by atoms with Crippen molar-refractivity contribution in [3.05, 3.63) is 18.2 Å². The van der Waals surface area contributed by atoms with Gasteiger partial charge in [0.2, 0.25) is 0 Å². The number of nitrogens with zero attached hydrogens (tertiary/aromatic N) is 1. The summed E-state index contributed by atoms with van der Waals surface area (Å²) in [6.07, 6.45) is 2.07. The van der Waals surface area contributed by atoms with E-state index in [9.17, 15) is 0 Å². The Morgan fingerprint density at radius 1 is 1.35 bits per heavy atom. The zero-order valence-corrected chi connectivity index (χ0v) is 12.3. The van der Waals surface area contributed by atoms with E-state index in [2.05, 4.69) is 55.5 Å². The van der Waals surface area contributed by atoms with Gasteiger partial charge >= 0.3 is 0 Å². The minimum absolute atomic E-state index is 0.299. The third-order valence-electron chi connectivity index (χ3n) is 2.37. The van der Waals surface area contributed by atoms with E-state index in [1.54, 1.807) is 23.1 Å². The van der Waals surface area contributed by atoms with Crippen LogP contribution in [0.1, 0.15) is 20.8 Å². The molecule has 0 bridgehead atoms. The number of fused-ring (bicyclic) bond motifs is 1. The van der Waals surface area contributed by atoms with Crippen molar-refractivity contribution in [1.82, 2.24) is 4.98 Å². The van der Waals surface area contributed by atoms with Crippen LogP contribution in [0.4, 0.5) is 5.69 Å². The Bertz CT molecular complexity index is 512. The SMILES string of the molecule is CSc1nc2ccc(NCC(C)(C)C)cc2s1. The Labute approximate surface area is 111 Å². The van der Waals surface area contributed by atoms with E-state index in [0.29, 0.717) is 5.41 Å². The van der Waals surface area contributed by atoms with Crippen LogP contribution in [-0.4, -0.2) is 17.8 Å². The van der Waals surface area contributed by atoms with Gasteiger partial charge in [0.25, 0.3) is 0 Å². The van der Waals surface area contributed by atoms with Crippen molar-refractivity contribution in [2.24, 2.45) is 5.41 Å². The van der Waals surface area contributed by atoms with Crippen molar-refractivity contribution < 1.29 is 0 Å². The van der Waals surface area contributed by atoms with Gasteiger partial charge in [-0.15, -0.1) is 11.3 Å². The molecule has 0 aliphatic rings. The van der Waals surface area contributed by atoms with Crippen molar-refractivity contribution in [3.8, 4) is 0 Å². The van der Waals surface area contributed by atoms with Crippen molar-refractivity contribution >= 4 is 39.0 Å². The number of nitrogens with one attached hydrogen (secondary N) is 1. The summed E-state index contributed by atoms with van der Waals surface area (Å²) in [6, 6.07) is 6.40. The predicted molar refractivity (Wildman–Crippen MR) is 79.3 cm³/mol. The average molecular weight is 266 g/mol. The molecule has 17 heavy (non-hydrogen) atoms. The van der Waals surface area contributed by atoms with Crippen LogP contribution in [0.15, 0.2) is 22.5 Å². The molecule has 0 amide bonds. The molecule has 1 heterocycles. The number of rotatable bonds is 3.